The maximum absolute atomic E-state index is 11.9. The molecule has 2 aliphatic rings. The van der Waals surface area contributed by atoms with Gasteiger partial charge in [0, 0.05) is 31.8 Å². The minimum absolute atomic E-state index is 0.102. The molecule has 2 aliphatic heterocycles. The van der Waals surface area contributed by atoms with Crippen LogP contribution in [0.1, 0.15) is 39.5 Å². The quantitative estimate of drug-likeness (QED) is 0.804. The number of rotatable bonds is 3. The van der Waals surface area contributed by atoms with Crippen molar-refractivity contribution in [3.05, 3.63) is 0 Å². The molecule has 0 aromatic rings. The lowest BCUT2D eigenvalue weighted by molar-refractivity contribution is -0.131. The maximum atomic E-state index is 11.9. The lowest BCUT2D eigenvalue weighted by Gasteiger charge is -2.35. The predicted octanol–water partition coefficient (Wildman–Crippen LogP) is 1.15. The third-order valence-electron chi connectivity index (χ3n) is 3.83. The SMILES string of the molecule is CC(C)N1CCC(NC(=O)C2CCCO2)CC1. The van der Waals surface area contributed by atoms with Crippen molar-refractivity contribution < 1.29 is 9.53 Å². The van der Waals surface area contributed by atoms with E-state index >= 15 is 0 Å². The molecule has 0 radical (unpaired) electrons. The normalized spacial score (nSPS) is 27.6. The zero-order valence-electron chi connectivity index (χ0n) is 10.9. The van der Waals surface area contributed by atoms with Crippen LogP contribution in [0.25, 0.3) is 0 Å². The zero-order chi connectivity index (χ0) is 12.3. The van der Waals surface area contributed by atoms with Crippen LogP contribution < -0.4 is 5.32 Å². The molecule has 2 heterocycles. The van der Waals surface area contributed by atoms with Crippen LogP contribution in [-0.4, -0.2) is 48.7 Å². The molecule has 1 amide bonds. The van der Waals surface area contributed by atoms with Gasteiger partial charge in [-0.15, -0.1) is 0 Å². The summed E-state index contributed by atoms with van der Waals surface area (Å²) in [7, 11) is 0. The van der Waals surface area contributed by atoms with Crippen molar-refractivity contribution in [3.8, 4) is 0 Å². The summed E-state index contributed by atoms with van der Waals surface area (Å²) in [4.78, 5) is 14.3. The van der Waals surface area contributed by atoms with Crippen molar-refractivity contribution in [3.63, 3.8) is 0 Å². The van der Waals surface area contributed by atoms with E-state index in [4.69, 9.17) is 4.74 Å². The lowest BCUT2D eigenvalue weighted by atomic mass is 10.0. The standard InChI is InChI=1S/C13H24N2O2/c1-10(2)15-7-5-11(6-8-15)14-13(16)12-4-3-9-17-12/h10-12H,3-9H2,1-2H3,(H,14,16). The maximum Gasteiger partial charge on any atom is 0.249 e. The van der Waals surface area contributed by atoms with Crippen molar-refractivity contribution in [1.82, 2.24) is 10.2 Å². The van der Waals surface area contributed by atoms with Crippen LogP contribution in [0.5, 0.6) is 0 Å². The summed E-state index contributed by atoms with van der Waals surface area (Å²) >= 11 is 0. The summed E-state index contributed by atoms with van der Waals surface area (Å²) in [6, 6.07) is 0.964. The Balaban J connectivity index is 1.72. The van der Waals surface area contributed by atoms with E-state index in [0.717, 1.165) is 45.4 Å². The zero-order valence-corrected chi connectivity index (χ0v) is 10.9. The Morgan fingerprint density at radius 1 is 1.29 bits per heavy atom. The molecule has 4 heteroatoms. The molecule has 0 aromatic carbocycles. The van der Waals surface area contributed by atoms with Crippen molar-refractivity contribution in [2.75, 3.05) is 19.7 Å². The fraction of sp³-hybridized carbons (Fsp3) is 0.923. The molecule has 0 spiro atoms. The molecule has 1 unspecified atom stereocenters. The molecule has 2 saturated heterocycles. The Morgan fingerprint density at radius 3 is 2.53 bits per heavy atom. The van der Waals surface area contributed by atoms with Gasteiger partial charge in [0.15, 0.2) is 0 Å². The number of hydrogen-bond acceptors (Lipinski definition) is 3. The second-order valence-electron chi connectivity index (χ2n) is 5.41. The molecule has 17 heavy (non-hydrogen) atoms. The molecular weight excluding hydrogens is 216 g/mol. The van der Waals surface area contributed by atoms with Crippen LogP contribution in [0.4, 0.5) is 0 Å². The fourth-order valence-electron chi connectivity index (χ4n) is 2.64. The van der Waals surface area contributed by atoms with Gasteiger partial charge in [-0.3, -0.25) is 4.79 Å². The molecule has 2 rings (SSSR count). The number of carbonyl (C=O) groups is 1. The highest BCUT2D eigenvalue weighted by Gasteiger charge is 2.27. The lowest BCUT2D eigenvalue weighted by Crippen LogP contribution is -2.48. The Hall–Kier alpha value is -0.610. The Labute approximate surface area is 104 Å². The minimum atomic E-state index is -0.182. The Morgan fingerprint density at radius 2 is 2.00 bits per heavy atom. The number of amides is 1. The van der Waals surface area contributed by atoms with Gasteiger partial charge in [0.05, 0.1) is 0 Å². The molecule has 0 aliphatic carbocycles. The average molecular weight is 240 g/mol. The van der Waals surface area contributed by atoms with E-state index in [-0.39, 0.29) is 12.0 Å². The van der Waals surface area contributed by atoms with Crippen molar-refractivity contribution in [2.45, 2.75) is 57.7 Å². The second-order valence-corrected chi connectivity index (χ2v) is 5.41. The first-order chi connectivity index (χ1) is 8.16. The van der Waals surface area contributed by atoms with Gasteiger partial charge in [-0.2, -0.15) is 0 Å². The van der Waals surface area contributed by atoms with Crippen molar-refractivity contribution in [1.29, 1.82) is 0 Å². The van der Waals surface area contributed by atoms with E-state index in [1.807, 2.05) is 0 Å². The van der Waals surface area contributed by atoms with E-state index in [9.17, 15) is 4.79 Å². The van der Waals surface area contributed by atoms with E-state index in [0.29, 0.717) is 12.1 Å². The average Bonchev–Trinajstić information content (AvgIpc) is 2.83. The Bertz CT molecular complexity index is 254. The number of ether oxygens (including phenoxy) is 1. The first-order valence-electron chi connectivity index (χ1n) is 6.83. The van der Waals surface area contributed by atoms with Crippen molar-refractivity contribution >= 4 is 5.91 Å². The third kappa shape index (κ3) is 3.42. The van der Waals surface area contributed by atoms with Gasteiger partial charge in [0.1, 0.15) is 6.10 Å². The topological polar surface area (TPSA) is 41.6 Å². The largest absolute Gasteiger partial charge is 0.368 e. The highest BCUT2D eigenvalue weighted by molar-refractivity contribution is 5.81. The van der Waals surface area contributed by atoms with Gasteiger partial charge in [0.2, 0.25) is 5.91 Å². The highest BCUT2D eigenvalue weighted by Crippen LogP contribution is 2.15. The second kappa shape index (κ2) is 5.83. The summed E-state index contributed by atoms with van der Waals surface area (Å²) in [6.07, 6.45) is 3.85. The molecule has 0 saturated carbocycles. The van der Waals surface area contributed by atoms with Crippen molar-refractivity contribution in [2.24, 2.45) is 0 Å². The number of likely N-dealkylation sites (tertiary alicyclic amines) is 1. The summed E-state index contributed by atoms with van der Waals surface area (Å²) in [6.45, 7) is 7.38. The van der Waals surface area contributed by atoms with Gasteiger partial charge in [-0.05, 0) is 39.5 Å². The molecule has 0 aromatic heterocycles. The molecule has 4 nitrogen and oxygen atoms in total. The number of nitrogens with one attached hydrogen (secondary N) is 1. The Kier molecular flexibility index (Phi) is 4.40. The van der Waals surface area contributed by atoms with Crippen LogP contribution in [-0.2, 0) is 9.53 Å². The van der Waals surface area contributed by atoms with Crippen LogP contribution in [0.2, 0.25) is 0 Å². The summed E-state index contributed by atoms with van der Waals surface area (Å²) in [5.74, 6) is 0.102. The smallest absolute Gasteiger partial charge is 0.249 e. The van der Waals surface area contributed by atoms with Crippen LogP contribution >= 0.6 is 0 Å². The molecule has 98 valence electrons. The molecule has 1 atom stereocenters. The predicted molar refractivity (Wildman–Crippen MR) is 66.8 cm³/mol. The number of hydrogen-bond donors (Lipinski definition) is 1. The monoisotopic (exact) mass is 240 g/mol. The van der Waals surface area contributed by atoms with Gasteiger partial charge in [-0.1, -0.05) is 0 Å². The van der Waals surface area contributed by atoms with Gasteiger partial charge in [-0.25, -0.2) is 0 Å². The van der Waals surface area contributed by atoms with E-state index in [2.05, 4.69) is 24.1 Å². The number of carbonyl (C=O) groups excluding carboxylic acids is 1. The minimum Gasteiger partial charge on any atom is -0.368 e. The van der Waals surface area contributed by atoms with E-state index in [1.54, 1.807) is 0 Å². The summed E-state index contributed by atoms with van der Waals surface area (Å²) < 4.78 is 5.39. The first-order valence-corrected chi connectivity index (χ1v) is 6.83. The molecular formula is C13H24N2O2. The van der Waals surface area contributed by atoms with Crippen LogP contribution in [0.3, 0.4) is 0 Å². The van der Waals surface area contributed by atoms with Gasteiger partial charge >= 0.3 is 0 Å². The molecule has 1 N–H and O–H groups in total. The fourth-order valence-corrected chi connectivity index (χ4v) is 2.64. The van der Waals surface area contributed by atoms with Gasteiger partial charge in [0.25, 0.3) is 0 Å². The molecule has 2 fully saturated rings. The molecule has 0 bridgehead atoms. The highest BCUT2D eigenvalue weighted by atomic mass is 16.5. The van der Waals surface area contributed by atoms with Crippen LogP contribution in [0.15, 0.2) is 0 Å². The van der Waals surface area contributed by atoms with Crippen LogP contribution in [0, 0.1) is 0 Å². The van der Waals surface area contributed by atoms with E-state index < -0.39 is 0 Å². The number of nitrogens with zero attached hydrogens (tertiary/aromatic N) is 1. The summed E-state index contributed by atoms with van der Waals surface area (Å²) in [5, 5.41) is 3.13. The van der Waals surface area contributed by atoms with Gasteiger partial charge < -0.3 is 15.0 Å². The summed E-state index contributed by atoms with van der Waals surface area (Å²) in [5.41, 5.74) is 0. The third-order valence-corrected chi connectivity index (χ3v) is 3.83. The number of piperidine rings is 1. The van der Waals surface area contributed by atoms with E-state index in [1.165, 1.54) is 0 Å². The first kappa shape index (κ1) is 12.8.